The summed E-state index contributed by atoms with van der Waals surface area (Å²) in [5.41, 5.74) is 0. The van der Waals surface area contributed by atoms with Crippen LogP contribution in [0.1, 0.15) is 26.2 Å². The fourth-order valence-corrected chi connectivity index (χ4v) is 1.05. The smallest absolute Gasteiger partial charge is 0.0914 e. The van der Waals surface area contributed by atoms with E-state index in [-0.39, 0.29) is 0 Å². The molecule has 0 aromatic carbocycles. The van der Waals surface area contributed by atoms with Crippen LogP contribution in [0.2, 0.25) is 0 Å². The number of rotatable bonds is 5. The summed E-state index contributed by atoms with van der Waals surface area (Å²) in [4.78, 5) is 0. The Bertz CT molecular complexity index is 133. The second-order valence-corrected chi connectivity index (χ2v) is 3.64. The van der Waals surface area contributed by atoms with Gasteiger partial charge in [0.25, 0.3) is 0 Å². The Kier molecular flexibility index (Phi) is 4.89. The SMILES string of the molecule is CCCC[N+](C)(C)CCC#N. The second-order valence-electron chi connectivity index (χ2n) is 3.64. The van der Waals surface area contributed by atoms with E-state index >= 15 is 0 Å². The van der Waals surface area contributed by atoms with Gasteiger partial charge in [0.05, 0.1) is 39.7 Å². The summed E-state index contributed by atoms with van der Waals surface area (Å²) in [7, 11) is 4.38. The number of nitriles is 1. The summed E-state index contributed by atoms with van der Waals surface area (Å²) >= 11 is 0. The van der Waals surface area contributed by atoms with Gasteiger partial charge in [0.2, 0.25) is 0 Å². The summed E-state index contributed by atoms with van der Waals surface area (Å²) in [6, 6.07) is 2.18. The highest BCUT2D eigenvalue weighted by molar-refractivity contribution is 4.67. The maximum absolute atomic E-state index is 8.40. The Morgan fingerprint density at radius 1 is 1.27 bits per heavy atom. The zero-order chi connectivity index (χ0) is 8.74. The van der Waals surface area contributed by atoms with Gasteiger partial charge in [-0.25, -0.2) is 0 Å². The van der Waals surface area contributed by atoms with Gasteiger partial charge < -0.3 is 4.48 Å². The number of unbranched alkanes of at least 4 members (excludes halogenated alkanes) is 1. The van der Waals surface area contributed by atoms with E-state index in [9.17, 15) is 0 Å². The minimum absolute atomic E-state index is 0.677. The van der Waals surface area contributed by atoms with Gasteiger partial charge >= 0.3 is 0 Å². The molecule has 0 amide bonds. The molecule has 0 unspecified atom stereocenters. The van der Waals surface area contributed by atoms with Crippen molar-refractivity contribution in [2.45, 2.75) is 26.2 Å². The van der Waals surface area contributed by atoms with Crippen LogP contribution in [0.5, 0.6) is 0 Å². The molecule has 0 radical (unpaired) electrons. The van der Waals surface area contributed by atoms with E-state index in [0.29, 0.717) is 6.42 Å². The molecule has 0 saturated carbocycles. The van der Waals surface area contributed by atoms with Gasteiger partial charge in [-0.05, 0) is 6.42 Å². The monoisotopic (exact) mass is 155 g/mol. The lowest BCUT2D eigenvalue weighted by Gasteiger charge is -2.28. The fourth-order valence-electron chi connectivity index (χ4n) is 1.05. The van der Waals surface area contributed by atoms with Crippen LogP contribution in [0.15, 0.2) is 0 Å². The molecule has 0 aromatic heterocycles. The van der Waals surface area contributed by atoms with Crippen LogP contribution in [-0.4, -0.2) is 31.7 Å². The first-order valence-corrected chi connectivity index (χ1v) is 4.31. The van der Waals surface area contributed by atoms with Gasteiger partial charge in [-0.15, -0.1) is 0 Å². The molecule has 11 heavy (non-hydrogen) atoms. The maximum Gasteiger partial charge on any atom is 0.0914 e. The van der Waals surface area contributed by atoms with Crippen LogP contribution in [0, 0.1) is 11.3 Å². The van der Waals surface area contributed by atoms with Crippen molar-refractivity contribution in [3.05, 3.63) is 0 Å². The summed E-state index contributed by atoms with van der Waals surface area (Å²) in [5, 5.41) is 8.40. The molecule has 2 nitrogen and oxygen atoms in total. The topological polar surface area (TPSA) is 23.8 Å². The fraction of sp³-hybridized carbons (Fsp3) is 0.889. The normalized spacial score (nSPS) is 11.1. The first kappa shape index (κ1) is 10.4. The first-order chi connectivity index (χ1) is 5.12. The van der Waals surface area contributed by atoms with Gasteiger partial charge in [-0.2, -0.15) is 5.26 Å². The molecular weight excluding hydrogens is 136 g/mol. The van der Waals surface area contributed by atoms with Crippen LogP contribution in [0.3, 0.4) is 0 Å². The maximum atomic E-state index is 8.40. The summed E-state index contributed by atoms with van der Waals surface area (Å²) in [5.74, 6) is 0. The van der Waals surface area contributed by atoms with Gasteiger partial charge in [0.15, 0.2) is 0 Å². The average Bonchev–Trinajstić information content (AvgIpc) is 1.97. The van der Waals surface area contributed by atoms with E-state index < -0.39 is 0 Å². The van der Waals surface area contributed by atoms with Gasteiger partial charge in [-0.3, -0.25) is 0 Å². The third-order valence-electron chi connectivity index (χ3n) is 1.95. The Balaban J connectivity index is 3.54. The minimum atomic E-state index is 0.677. The minimum Gasteiger partial charge on any atom is -0.328 e. The molecule has 2 heteroatoms. The molecule has 0 aliphatic rings. The molecule has 0 rings (SSSR count). The number of hydrogen-bond donors (Lipinski definition) is 0. The van der Waals surface area contributed by atoms with Crippen molar-refractivity contribution in [1.29, 1.82) is 5.26 Å². The van der Waals surface area contributed by atoms with E-state index in [4.69, 9.17) is 5.26 Å². The molecule has 0 spiro atoms. The van der Waals surface area contributed by atoms with Crippen LogP contribution in [0.25, 0.3) is 0 Å². The molecule has 0 N–H and O–H groups in total. The zero-order valence-electron chi connectivity index (χ0n) is 7.93. The Morgan fingerprint density at radius 2 is 1.91 bits per heavy atom. The molecule has 0 aliphatic heterocycles. The largest absolute Gasteiger partial charge is 0.328 e. The van der Waals surface area contributed by atoms with Crippen molar-refractivity contribution in [1.82, 2.24) is 0 Å². The third-order valence-corrected chi connectivity index (χ3v) is 1.95. The summed E-state index contributed by atoms with van der Waals surface area (Å²) < 4.78 is 0.988. The lowest BCUT2D eigenvalue weighted by molar-refractivity contribution is -0.890. The Morgan fingerprint density at radius 3 is 2.36 bits per heavy atom. The molecule has 0 aliphatic carbocycles. The third kappa shape index (κ3) is 5.87. The molecular formula is C9H19N2+. The van der Waals surface area contributed by atoms with Gasteiger partial charge in [0.1, 0.15) is 0 Å². The predicted molar refractivity (Wildman–Crippen MR) is 47.0 cm³/mol. The molecule has 0 atom stereocenters. The van der Waals surface area contributed by atoms with Crippen LogP contribution in [0.4, 0.5) is 0 Å². The summed E-state index contributed by atoms with van der Waals surface area (Å²) in [6.07, 6.45) is 3.18. The second kappa shape index (κ2) is 5.15. The number of quaternary nitrogens is 1. The van der Waals surface area contributed by atoms with E-state index in [1.807, 2.05) is 0 Å². The molecule has 0 aromatic rings. The molecule has 0 bridgehead atoms. The van der Waals surface area contributed by atoms with E-state index in [0.717, 1.165) is 11.0 Å². The molecule has 0 fully saturated rings. The van der Waals surface area contributed by atoms with Crippen molar-refractivity contribution in [3.8, 4) is 6.07 Å². The van der Waals surface area contributed by atoms with Crippen LogP contribution in [-0.2, 0) is 0 Å². The number of nitrogens with zero attached hydrogens (tertiary/aromatic N) is 2. The zero-order valence-corrected chi connectivity index (χ0v) is 7.93. The van der Waals surface area contributed by atoms with Crippen molar-refractivity contribution in [2.75, 3.05) is 27.2 Å². The van der Waals surface area contributed by atoms with Crippen molar-refractivity contribution in [2.24, 2.45) is 0 Å². The summed E-state index contributed by atoms with van der Waals surface area (Å²) in [6.45, 7) is 4.37. The Labute approximate surface area is 70.0 Å². The van der Waals surface area contributed by atoms with Crippen LogP contribution < -0.4 is 0 Å². The number of hydrogen-bond acceptors (Lipinski definition) is 1. The van der Waals surface area contributed by atoms with Gasteiger partial charge in [0, 0.05) is 0 Å². The highest BCUT2D eigenvalue weighted by Crippen LogP contribution is 2.02. The molecule has 64 valence electrons. The highest BCUT2D eigenvalue weighted by Gasteiger charge is 2.12. The lowest BCUT2D eigenvalue weighted by atomic mass is 10.3. The average molecular weight is 155 g/mol. The highest BCUT2D eigenvalue weighted by atomic mass is 15.3. The standard InChI is InChI=1S/C9H19N2/c1-4-5-8-11(2,3)9-6-7-10/h4-6,8-9H2,1-3H3/q+1. The molecule has 0 heterocycles. The van der Waals surface area contributed by atoms with Crippen molar-refractivity contribution < 1.29 is 4.48 Å². The van der Waals surface area contributed by atoms with Crippen molar-refractivity contribution in [3.63, 3.8) is 0 Å². The van der Waals surface area contributed by atoms with Crippen molar-refractivity contribution >= 4 is 0 Å². The lowest BCUT2D eigenvalue weighted by Crippen LogP contribution is -2.40. The molecule has 0 saturated heterocycles. The Hall–Kier alpha value is -0.550. The van der Waals surface area contributed by atoms with Gasteiger partial charge in [-0.1, -0.05) is 13.3 Å². The van der Waals surface area contributed by atoms with E-state index in [1.54, 1.807) is 0 Å². The van der Waals surface area contributed by atoms with E-state index in [2.05, 4.69) is 27.1 Å². The predicted octanol–water partition coefficient (Wildman–Crippen LogP) is 1.78. The van der Waals surface area contributed by atoms with E-state index in [1.165, 1.54) is 19.4 Å². The quantitative estimate of drug-likeness (QED) is 0.555. The van der Waals surface area contributed by atoms with Crippen LogP contribution >= 0.6 is 0 Å². The first-order valence-electron chi connectivity index (χ1n) is 4.31.